The third-order valence-corrected chi connectivity index (χ3v) is 4.51. The van der Waals surface area contributed by atoms with Crippen molar-refractivity contribution in [2.75, 3.05) is 18.1 Å². The maximum Gasteiger partial charge on any atom is 0.313 e. The summed E-state index contributed by atoms with van der Waals surface area (Å²) in [7, 11) is 1.52. The number of aliphatic carboxylic acids is 1. The van der Waals surface area contributed by atoms with Gasteiger partial charge in [-0.05, 0) is 30.5 Å². The first-order chi connectivity index (χ1) is 10.5. The largest absolute Gasteiger partial charge is 0.481 e. The summed E-state index contributed by atoms with van der Waals surface area (Å²) in [5.41, 5.74) is 0.616. The number of hydrogen-bond donors (Lipinski definition) is 3. The number of carbonyl (C=O) groups is 3. The average molecular weight is 322 g/mol. The first kappa shape index (κ1) is 16.4. The van der Waals surface area contributed by atoms with Crippen LogP contribution in [0.1, 0.15) is 18.4 Å². The van der Waals surface area contributed by atoms with E-state index in [0.29, 0.717) is 24.3 Å². The lowest BCUT2D eigenvalue weighted by atomic mass is 10.1. The fourth-order valence-electron chi connectivity index (χ4n) is 2.17. The van der Waals surface area contributed by atoms with Crippen LogP contribution in [0.3, 0.4) is 0 Å². The Balaban J connectivity index is 1.97. The fraction of sp³-hybridized carbons (Fsp3) is 0.400. The maximum atomic E-state index is 12.3. The molecule has 118 valence electrons. The normalized spacial score (nSPS) is 15.0. The monoisotopic (exact) mass is 322 g/mol. The Morgan fingerprint density at radius 1 is 1.27 bits per heavy atom. The van der Waals surface area contributed by atoms with Gasteiger partial charge in [-0.3, -0.25) is 14.4 Å². The van der Waals surface area contributed by atoms with Crippen molar-refractivity contribution in [2.45, 2.75) is 18.6 Å². The summed E-state index contributed by atoms with van der Waals surface area (Å²) in [5, 5.41) is 13.9. The summed E-state index contributed by atoms with van der Waals surface area (Å²) >= 11 is 1.29. The average Bonchev–Trinajstić information content (AvgIpc) is 3.28. The summed E-state index contributed by atoms with van der Waals surface area (Å²) < 4.78 is 0. The minimum atomic E-state index is -0.928. The Morgan fingerprint density at radius 2 is 2.00 bits per heavy atom. The topological polar surface area (TPSA) is 95.5 Å². The summed E-state index contributed by atoms with van der Waals surface area (Å²) in [5.74, 6) is -0.802. The van der Waals surface area contributed by atoms with Gasteiger partial charge in [-0.1, -0.05) is 12.1 Å². The summed E-state index contributed by atoms with van der Waals surface area (Å²) in [6, 6.07) is 7.22. The highest BCUT2D eigenvalue weighted by atomic mass is 32.2. The molecule has 1 aliphatic carbocycles. The first-order valence-corrected chi connectivity index (χ1v) is 8.05. The zero-order valence-corrected chi connectivity index (χ0v) is 13.0. The number of anilines is 1. The third kappa shape index (κ3) is 3.79. The molecule has 0 aromatic heterocycles. The third-order valence-electron chi connectivity index (χ3n) is 3.53. The number of carbonyl (C=O) groups excluding carboxylic acids is 2. The van der Waals surface area contributed by atoms with Crippen molar-refractivity contribution in [3.05, 3.63) is 29.8 Å². The molecule has 3 N–H and O–H groups in total. The molecule has 6 nitrogen and oxygen atoms in total. The molecule has 1 aliphatic rings. The molecule has 0 heterocycles. The molecule has 1 saturated carbocycles. The van der Waals surface area contributed by atoms with Gasteiger partial charge in [0.15, 0.2) is 0 Å². The lowest BCUT2D eigenvalue weighted by Crippen LogP contribution is -2.38. The second-order valence-electron chi connectivity index (χ2n) is 5.20. The van der Waals surface area contributed by atoms with Crippen LogP contribution in [0, 0.1) is 5.41 Å². The Hall–Kier alpha value is -2.02. The second kappa shape index (κ2) is 6.83. The van der Waals surface area contributed by atoms with E-state index in [0.717, 1.165) is 5.56 Å². The predicted molar refractivity (Wildman–Crippen MR) is 84.6 cm³/mol. The van der Waals surface area contributed by atoms with Gasteiger partial charge < -0.3 is 15.7 Å². The lowest BCUT2D eigenvalue weighted by Gasteiger charge is -2.14. The lowest BCUT2D eigenvalue weighted by molar-refractivity contribution is -0.135. The summed E-state index contributed by atoms with van der Waals surface area (Å²) in [4.78, 5) is 34.5. The van der Waals surface area contributed by atoms with Crippen LogP contribution in [0.2, 0.25) is 0 Å². The number of nitrogens with one attached hydrogen (secondary N) is 2. The molecule has 0 aliphatic heterocycles. The van der Waals surface area contributed by atoms with Crippen LogP contribution in [0.15, 0.2) is 24.3 Å². The van der Waals surface area contributed by atoms with Gasteiger partial charge in [-0.15, -0.1) is 11.8 Å². The smallest absolute Gasteiger partial charge is 0.313 e. The van der Waals surface area contributed by atoms with Gasteiger partial charge in [-0.2, -0.15) is 0 Å². The first-order valence-electron chi connectivity index (χ1n) is 6.90. The number of benzene rings is 1. The molecule has 1 fully saturated rings. The molecule has 1 aromatic carbocycles. The molecule has 0 unspecified atom stereocenters. The molecule has 0 radical (unpaired) electrons. The van der Waals surface area contributed by atoms with E-state index in [1.807, 2.05) is 6.07 Å². The number of hydrogen-bond acceptors (Lipinski definition) is 4. The number of amides is 2. The molecule has 1 aromatic rings. The molecule has 2 amide bonds. The van der Waals surface area contributed by atoms with Crippen molar-refractivity contribution in [3.63, 3.8) is 0 Å². The Bertz CT molecular complexity index is 599. The Kier molecular flexibility index (Phi) is 5.07. The maximum absolute atomic E-state index is 12.3. The van der Waals surface area contributed by atoms with Gasteiger partial charge in [-0.25, -0.2) is 0 Å². The number of carboxylic acids is 1. The SMILES string of the molecule is CNC(=O)C1(C(=O)Nc2cccc(CSCC(=O)O)c2)CC1. The molecular formula is C15H18N2O4S. The number of thioether (sulfide) groups is 1. The van der Waals surface area contributed by atoms with E-state index < -0.39 is 11.4 Å². The van der Waals surface area contributed by atoms with Gasteiger partial charge in [0.1, 0.15) is 5.41 Å². The summed E-state index contributed by atoms with van der Waals surface area (Å²) in [6.07, 6.45) is 1.12. The van der Waals surface area contributed by atoms with Crippen molar-refractivity contribution in [2.24, 2.45) is 5.41 Å². The number of rotatable bonds is 7. The Labute approximate surface area is 132 Å². The van der Waals surface area contributed by atoms with Crippen LogP contribution in [0.4, 0.5) is 5.69 Å². The quantitative estimate of drug-likeness (QED) is 0.661. The van der Waals surface area contributed by atoms with Crippen LogP contribution in [-0.4, -0.2) is 35.7 Å². The highest BCUT2D eigenvalue weighted by Gasteiger charge is 2.56. The van der Waals surface area contributed by atoms with Gasteiger partial charge in [0, 0.05) is 18.5 Å². The van der Waals surface area contributed by atoms with E-state index >= 15 is 0 Å². The molecule has 0 saturated heterocycles. The van der Waals surface area contributed by atoms with E-state index in [1.165, 1.54) is 18.8 Å². The zero-order chi connectivity index (χ0) is 16.2. The van der Waals surface area contributed by atoms with Crippen LogP contribution in [0.25, 0.3) is 0 Å². The standard InChI is InChI=1S/C15H18N2O4S/c1-16-13(20)15(5-6-15)14(21)17-11-4-2-3-10(7-11)8-22-9-12(18)19/h2-4,7H,5-6,8-9H2,1H3,(H,16,20)(H,17,21)(H,18,19). The van der Waals surface area contributed by atoms with E-state index in [4.69, 9.17) is 5.11 Å². The molecule has 2 rings (SSSR count). The van der Waals surface area contributed by atoms with Gasteiger partial charge >= 0.3 is 5.97 Å². The van der Waals surface area contributed by atoms with Crippen molar-refractivity contribution in [1.29, 1.82) is 0 Å². The molecular weight excluding hydrogens is 304 g/mol. The Morgan fingerprint density at radius 3 is 2.59 bits per heavy atom. The highest BCUT2D eigenvalue weighted by Crippen LogP contribution is 2.46. The molecule has 7 heteroatoms. The minimum absolute atomic E-state index is 0.0381. The van der Waals surface area contributed by atoms with Gasteiger partial charge in [0.2, 0.25) is 11.8 Å². The molecule has 22 heavy (non-hydrogen) atoms. The minimum Gasteiger partial charge on any atom is -0.481 e. The van der Waals surface area contributed by atoms with Gasteiger partial charge in [0.05, 0.1) is 5.75 Å². The van der Waals surface area contributed by atoms with Gasteiger partial charge in [0.25, 0.3) is 0 Å². The zero-order valence-electron chi connectivity index (χ0n) is 12.2. The summed E-state index contributed by atoms with van der Waals surface area (Å²) in [6.45, 7) is 0. The van der Waals surface area contributed by atoms with E-state index in [9.17, 15) is 14.4 Å². The molecule has 0 atom stereocenters. The van der Waals surface area contributed by atoms with Crippen LogP contribution in [0.5, 0.6) is 0 Å². The van der Waals surface area contributed by atoms with Crippen LogP contribution >= 0.6 is 11.8 Å². The van der Waals surface area contributed by atoms with Crippen LogP contribution < -0.4 is 10.6 Å². The van der Waals surface area contributed by atoms with Crippen LogP contribution in [-0.2, 0) is 20.1 Å². The van der Waals surface area contributed by atoms with Crippen molar-refractivity contribution >= 4 is 35.2 Å². The second-order valence-corrected chi connectivity index (χ2v) is 6.19. The highest BCUT2D eigenvalue weighted by molar-refractivity contribution is 7.99. The molecule has 0 bridgehead atoms. The predicted octanol–water partition coefficient (Wildman–Crippen LogP) is 1.47. The van der Waals surface area contributed by atoms with E-state index in [-0.39, 0.29) is 17.6 Å². The molecule has 0 spiro atoms. The van der Waals surface area contributed by atoms with Crippen molar-refractivity contribution in [3.8, 4) is 0 Å². The van der Waals surface area contributed by atoms with Crippen molar-refractivity contribution < 1.29 is 19.5 Å². The number of carboxylic acid groups (broad SMARTS) is 1. The van der Waals surface area contributed by atoms with Crippen molar-refractivity contribution in [1.82, 2.24) is 5.32 Å². The fourth-order valence-corrected chi connectivity index (χ4v) is 2.86. The van der Waals surface area contributed by atoms with E-state index in [2.05, 4.69) is 10.6 Å². The van der Waals surface area contributed by atoms with E-state index in [1.54, 1.807) is 18.2 Å².